The minimum atomic E-state index is 0.224. The monoisotopic (exact) mass is 279 g/mol. The Bertz CT molecular complexity index is 349. The Labute approximate surface area is 123 Å². The van der Waals surface area contributed by atoms with E-state index in [1.54, 1.807) is 7.11 Å². The second-order valence-corrected chi connectivity index (χ2v) is 4.94. The molecule has 0 amide bonds. The molecule has 0 bridgehead atoms. The van der Waals surface area contributed by atoms with Gasteiger partial charge in [-0.3, -0.25) is 0 Å². The summed E-state index contributed by atoms with van der Waals surface area (Å²) in [6, 6.07) is 8.70. The fraction of sp³-hybridized carbons (Fsp3) is 0.625. The summed E-state index contributed by atoms with van der Waals surface area (Å²) in [5.74, 6) is 0. The third kappa shape index (κ3) is 5.59. The van der Waals surface area contributed by atoms with Crippen molar-refractivity contribution in [2.75, 3.05) is 39.8 Å². The minimum Gasteiger partial charge on any atom is -0.380 e. The second kappa shape index (κ2) is 9.88. The molecule has 0 saturated heterocycles. The summed E-state index contributed by atoms with van der Waals surface area (Å²) in [5, 5.41) is 3.54. The molecule has 1 atom stereocenters. The molecule has 0 radical (unpaired) electrons. The number of nitrogens with zero attached hydrogens (tertiary/aromatic N) is 1. The zero-order valence-electron chi connectivity index (χ0n) is 13.1. The zero-order valence-corrected chi connectivity index (χ0v) is 13.1. The molecule has 114 valence electrons. The van der Waals surface area contributed by atoms with Gasteiger partial charge in [-0.1, -0.05) is 38.1 Å². The number of hydrogen-bond donors (Lipinski definition) is 2. The van der Waals surface area contributed by atoms with E-state index in [2.05, 4.69) is 48.3 Å². The number of likely N-dealkylation sites (N-methyl/N-ethyl adjacent to an activating group) is 1. The van der Waals surface area contributed by atoms with E-state index in [1.807, 2.05) is 0 Å². The van der Waals surface area contributed by atoms with E-state index in [0.717, 1.165) is 26.2 Å². The van der Waals surface area contributed by atoms with Crippen molar-refractivity contribution in [3.8, 4) is 0 Å². The SMILES string of the molecule is CCN(CC)CCNC(CN)c1ccc(COC)cc1. The topological polar surface area (TPSA) is 50.5 Å². The molecule has 0 spiro atoms. The Hall–Kier alpha value is -0.940. The highest BCUT2D eigenvalue weighted by molar-refractivity contribution is 5.25. The third-order valence-electron chi connectivity index (χ3n) is 3.64. The Morgan fingerprint density at radius 3 is 2.35 bits per heavy atom. The molecule has 0 heterocycles. The van der Waals surface area contributed by atoms with Crippen LogP contribution in [0.5, 0.6) is 0 Å². The van der Waals surface area contributed by atoms with Crippen molar-refractivity contribution in [2.45, 2.75) is 26.5 Å². The van der Waals surface area contributed by atoms with Crippen LogP contribution in [0.15, 0.2) is 24.3 Å². The number of nitrogens with two attached hydrogens (primary N) is 1. The van der Waals surface area contributed by atoms with E-state index < -0.39 is 0 Å². The summed E-state index contributed by atoms with van der Waals surface area (Å²) < 4.78 is 5.12. The highest BCUT2D eigenvalue weighted by Crippen LogP contribution is 2.13. The van der Waals surface area contributed by atoms with Crippen molar-refractivity contribution in [3.63, 3.8) is 0 Å². The van der Waals surface area contributed by atoms with Crippen LogP contribution < -0.4 is 11.1 Å². The van der Waals surface area contributed by atoms with E-state index in [0.29, 0.717) is 13.2 Å². The Kier molecular flexibility index (Phi) is 8.46. The van der Waals surface area contributed by atoms with Gasteiger partial charge in [-0.05, 0) is 24.2 Å². The normalized spacial score (nSPS) is 12.8. The smallest absolute Gasteiger partial charge is 0.0713 e. The average molecular weight is 279 g/mol. The van der Waals surface area contributed by atoms with Gasteiger partial charge >= 0.3 is 0 Å². The third-order valence-corrected chi connectivity index (χ3v) is 3.64. The van der Waals surface area contributed by atoms with Crippen molar-refractivity contribution in [3.05, 3.63) is 35.4 Å². The molecule has 0 aliphatic heterocycles. The van der Waals surface area contributed by atoms with Gasteiger partial charge in [-0.25, -0.2) is 0 Å². The van der Waals surface area contributed by atoms with Gasteiger partial charge in [-0.2, -0.15) is 0 Å². The van der Waals surface area contributed by atoms with Gasteiger partial charge in [0, 0.05) is 32.8 Å². The Balaban J connectivity index is 2.48. The molecule has 0 fully saturated rings. The van der Waals surface area contributed by atoms with Crippen molar-refractivity contribution >= 4 is 0 Å². The number of ether oxygens (including phenoxy) is 1. The van der Waals surface area contributed by atoms with Crippen molar-refractivity contribution < 1.29 is 4.74 Å². The maximum absolute atomic E-state index is 5.88. The van der Waals surface area contributed by atoms with Gasteiger partial charge in [0.2, 0.25) is 0 Å². The first-order valence-corrected chi connectivity index (χ1v) is 7.48. The second-order valence-electron chi connectivity index (χ2n) is 4.94. The molecule has 0 aliphatic rings. The number of rotatable bonds is 10. The summed E-state index contributed by atoms with van der Waals surface area (Å²) in [5.41, 5.74) is 8.32. The van der Waals surface area contributed by atoms with Crippen LogP contribution in [0.2, 0.25) is 0 Å². The van der Waals surface area contributed by atoms with Crippen LogP contribution in [0, 0.1) is 0 Å². The van der Waals surface area contributed by atoms with Crippen molar-refractivity contribution in [1.82, 2.24) is 10.2 Å². The van der Waals surface area contributed by atoms with E-state index in [4.69, 9.17) is 10.5 Å². The fourth-order valence-corrected chi connectivity index (χ4v) is 2.29. The van der Waals surface area contributed by atoms with Gasteiger partial charge in [0.25, 0.3) is 0 Å². The van der Waals surface area contributed by atoms with Crippen LogP contribution >= 0.6 is 0 Å². The maximum atomic E-state index is 5.88. The number of nitrogens with one attached hydrogen (secondary N) is 1. The largest absolute Gasteiger partial charge is 0.380 e. The fourth-order valence-electron chi connectivity index (χ4n) is 2.29. The van der Waals surface area contributed by atoms with Crippen LogP contribution in [-0.2, 0) is 11.3 Å². The molecule has 4 heteroatoms. The minimum absolute atomic E-state index is 0.224. The van der Waals surface area contributed by atoms with Crippen molar-refractivity contribution in [1.29, 1.82) is 0 Å². The molecule has 3 N–H and O–H groups in total. The molecule has 1 aromatic rings. The Morgan fingerprint density at radius 1 is 1.20 bits per heavy atom. The first kappa shape index (κ1) is 17.1. The van der Waals surface area contributed by atoms with Crippen molar-refractivity contribution in [2.24, 2.45) is 5.73 Å². The average Bonchev–Trinajstić information content (AvgIpc) is 2.49. The molecule has 1 rings (SSSR count). The first-order valence-electron chi connectivity index (χ1n) is 7.48. The predicted octanol–water partition coefficient (Wildman–Crippen LogP) is 1.76. The predicted molar refractivity (Wildman–Crippen MR) is 84.7 cm³/mol. The summed E-state index contributed by atoms with van der Waals surface area (Å²) in [7, 11) is 1.71. The molecular formula is C16H29N3O. The quantitative estimate of drug-likeness (QED) is 0.685. The molecule has 1 aromatic carbocycles. The molecule has 20 heavy (non-hydrogen) atoms. The lowest BCUT2D eigenvalue weighted by molar-refractivity contribution is 0.185. The van der Waals surface area contributed by atoms with Gasteiger partial charge in [-0.15, -0.1) is 0 Å². The first-order chi connectivity index (χ1) is 9.74. The van der Waals surface area contributed by atoms with Crippen LogP contribution in [0.1, 0.15) is 31.0 Å². The highest BCUT2D eigenvalue weighted by atomic mass is 16.5. The zero-order chi connectivity index (χ0) is 14.8. The number of methoxy groups -OCH3 is 1. The van der Waals surface area contributed by atoms with Gasteiger partial charge in [0.15, 0.2) is 0 Å². The van der Waals surface area contributed by atoms with Crippen LogP contribution in [0.25, 0.3) is 0 Å². The van der Waals surface area contributed by atoms with E-state index in [1.165, 1.54) is 11.1 Å². The summed E-state index contributed by atoms with van der Waals surface area (Å²) >= 11 is 0. The lowest BCUT2D eigenvalue weighted by Gasteiger charge is -2.22. The van der Waals surface area contributed by atoms with Crippen LogP contribution in [-0.4, -0.2) is 44.7 Å². The van der Waals surface area contributed by atoms with Crippen LogP contribution in [0.4, 0.5) is 0 Å². The highest BCUT2D eigenvalue weighted by Gasteiger charge is 2.09. The van der Waals surface area contributed by atoms with E-state index in [9.17, 15) is 0 Å². The summed E-state index contributed by atoms with van der Waals surface area (Å²) in [6.45, 7) is 9.87. The molecule has 1 unspecified atom stereocenters. The maximum Gasteiger partial charge on any atom is 0.0713 e. The number of benzene rings is 1. The van der Waals surface area contributed by atoms with Crippen LogP contribution in [0.3, 0.4) is 0 Å². The molecule has 0 aromatic heterocycles. The molecule has 0 aliphatic carbocycles. The van der Waals surface area contributed by atoms with Gasteiger partial charge in [0.1, 0.15) is 0 Å². The van der Waals surface area contributed by atoms with E-state index in [-0.39, 0.29) is 6.04 Å². The molecule has 4 nitrogen and oxygen atoms in total. The standard InChI is InChI=1S/C16H29N3O/c1-4-19(5-2)11-10-18-16(12-17)15-8-6-14(7-9-15)13-20-3/h6-9,16,18H,4-5,10-13,17H2,1-3H3. The summed E-state index contributed by atoms with van der Waals surface area (Å²) in [6.07, 6.45) is 0. The molecular weight excluding hydrogens is 250 g/mol. The number of hydrogen-bond acceptors (Lipinski definition) is 4. The van der Waals surface area contributed by atoms with E-state index >= 15 is 0 Å². The summed E-state index contributed by atoms with van der Waals surface area (Å²) in [4.78, 5) is 2.41. The van der Waals surface area contributed by atoms with Gasteiger partial charge in [0.05, 0.1) is 6.61 Å². The Morgan fingerprint density at radius 2 is 1.85 bits per heavy atom. The lowest BCUT2D eigenvalue weighted by Crippen LogP contribution is -2.36. The lowest BCUT2D eigenvalue weighted by atomic mass is 10.0. The molecule has 0 saturated carbocycles. The van der Waals surface area contributed by atoms with Gasteiger partial charge < -0.3 is 20.7 Å².